The maximum Gasteiger partial charge on any atom is 0.165 e. The fourth-order valence-corrected chi connectivity index (χ4v) is 3.19. The van der Waals surface area contributed by atoms with Crippen LogP contribution in [0.5, 0.6) is 0 Å². The highest BCUT2D eigenvalue weighted by Crippen LogP contribution is 2.43. The molecule has 5 nitrogen and oxygen atoms in total. The van der Waals surface area contributed by atoms with Crippen LogP contribution in [0.2, 0.25) is 0 Å². The van der Waals surface area contributed by atoms with Crippen molar-refractivity contribution in [2.45, 2.75) is 52.4 Å². The Labute approximate surface area is 124 Å². The molecule has 0 aliphatic carbocycles. The van der Waals surface area contributed by atoms with Crippen molar-refractivity contribution in [2.24, 2.45) is 5.92 Å². The predicted octanol–water partition coefficient (Wildman–Crippen LogP) is 2.78. The Morgan fingerprint density at radius 2 is 2.24 bits per heavy atom. The van der Waals surface area contributed by atoms with Crippen molar-refractivity contribution in [1.29, 1.82) is 0 Å². The van der Waals surface area contributed by atoms with Crippen LogP contribution in [-0.4, -0.2) is 25.1 Å². The van der Waals surface area contributed by atoms with E-state index in [-0.39, 0.29) is 6.23 Å². The molecule has 0 unspecified atom stereocenters. The summed E-state index contributed by atoms with van der Waals surface area (Å²) in [5, 5.41) is 0. The summed E-state index contributed by atoms with van der Waals surface area (Å²) in [6.45, 7) is 8.05. The summed E-state index contributed by atoms with van der Waals surface area (Å²) < 4.78 is 8.21. The van der Waals surface area contributed by atoms with Gasteiger partial charge < -0.3 is 4.74 Å². The molecule has 1 saturated heterocycles. The largest absolute Gasteiger partial charge is 0.339 e. The number of imidazole rings is 1. The summed E-state index contributed by atoms with van der Waals surface area (Å²) in [6, 6.07) is 0. The van der Waals surface area contributed by atoms with Gasteiger partial charge in [-0.05, 0) is 26.7 Å². The molecule has 0 bridgehead atoms. The van der Waals surface area contributed by atoms with Gasteiger partial charge in [0.25, 0.3) is 0 Å². The van der Waals surface area contributed by atoms with Gasteiger partial charge in [-0.25, -0.2) is 15.0 Å². The lowest BCUT2D eigenvalue weighted by Crippen LogP contribution is -2.31. The summed E-state index contributed by atoms with van der Waals surface area (Å²) in [5.41, 5.74) is 2.05. The Bertz CT molecular complexity index is 730. The lowest BCUT2D eigenvalue weighted by atomic mass is 9.87. The molecule has 0 amide bonds. The molecule has 0 aromatic carbocycles. The van der Waals surface area contributed by atoms with E-state index in [0.717, 1.165) is 35.5 Å². The van der Waals surface area contributed by atoms with Crippen LogP contribution in [0.1, 0.15) is 44.4 Å². The van der Waals surface area contributed by atoms with Gasteiger partial charge in [-0.1, -0.05) is 19.8 Å². The highest BCUT2D eigenvalue weighted by atomic mass is 16.5. The van der Waals surface area contributed by atoms with E-state index in [4.69, 9.17) is 11.2 Å². The van der Waals surface area contributed by atoms with E-state index in [2.05, 4.69) is 34.7 Å². The van der Waals surface area contributed by atoms with E-state index in [9.17, 15) is 0 Å². The first kappa shape index (κ1) is 14.0. The molecule has 3 rings (SSSR count). The van der Waals surface area contributed by atoms with Crippen LogP contribution in [0.25, 0.3) is 11.2 Å². The number of aromatic nitrogens is 4. The van der Waals surface area contributed by atoms with Gasteiger partial charge in [-0.15, -0.1) is 6.42 Å². The molecule has 1 aliphatic rings. The second-order valence-electron chi connectivity index (χ2n) is 5.78. The van der Waals surface area contributed by atoms with E-state index in [1.807, 2.05) is 18.4 Å². The van der Waals surface area contributed by atoms with Crippen molar-refractivity contribution in [3.63, 3.8) is 0 Å². The zero-order chi connectivity index (χ0) is 15.2. The molecule has 110 valence electrons. The third kappa shape index (κ3) is 2.02. The van der Waals surface area contributed by atoms with Gasteiger partial charge in [-0.3, -0.25) is 4.57 Å². The number of hydrogen-bond acceptors (Lipinski definition) is 4. The molecule has 1 fully saturated rings. The minimum atomic E-state index is -0.488. The number of rotatable bonds is 2. The van der Waals surface area contributed by atoms with Crippen LogP contribution in [0, 0.1) is 32.1 Å². The fourth-order valence-electron chi connectivity index (χ4n) is 3.19. The van der Waals surface area contributed by atoms with E-state index >= 15 is 0 Å². The van der Waals surface area contributed by atoms with Crippen molar-refractivity contribution in [2.75, 3.05) is 0 Å². The molecule has 0 N–H and O–H groups in total. The molecular weight excluding hydrogens is 264 g/mol. The van der Waals surface area contributed by atoms with Gasteiger partial charge >= 0.3 is 0 Å². The zero-order valence-electron chi connectivity index (χ0n) is 12.9. The lowest BCUT2D eigenvalue weighted by molar-refractivity contribution is -0.0465. The van der Waals surface area contributed by atoms with E-state index < -0.39 is 5.60 Å². The monoisotopic (exact) mass is 284 g/mol. The van der Waals surface area contributed by atoms with Crippen molar-refractivity contribution in [3.05, 3.63) is 17.8 Å². The minimum absolute atomic E-state index is 0.116. The van der Waals surface area contributed by atoms with E-state index in [1.54, 1.807) is 6.33 Å². The Morgan fingerprint density at radius 3 is 2.86 bits per heavy atom. The molecule has 3 atom stereocenters. The first-order valence-electron chi connectivity index (χ1n) is 7.34. The molecule has 2 aromatic heterocycles. The van der Waals surface area contributed by atoms with Crippen molar-refractivity contribution < 1.29 is 4.74 Å². The summed E-state index contributed by atoms with van der Waals surface area (Å²) >= 11 is 0. The summed E-state index contributed by atoms with van der Waals surface area (Å²) in [5.74, 6) is 3.90. The van der Waals surface area contributed by atoms with Gasteiger partial charge in [0, 0.05) is 5.92 Å². The van der Waals surface area contributed by atoms with Crippen LogP contribution in [0.3, 0.4) is 0 Å². The Morgan fingerprint density at radius 1 is 1.48 bits per heavy atom. The Hall–Kier alpha value is -1.93. The SMILES string of the molecule is C#C[C@]1(CC)O[C@@H](n2cnc3c(C)nc(C)nc32)C[C@@H]1C. The van der Waals surface area contributed by atoms with E-state index in [0.29, 0.717) is 5.92 Å². The normalized spacial score (nSPS) is 28.9. The number of terminal acetylenes is 1. The number of fused-ring (bicyclic) bond motifs is 1. The maximum atomic E-state index is 6.22. The smallest absolute Gasteiger partial charge is 0.165 e. The van der Waals surface area contributed by atoms with Crippen LogP contribution < -0.4 is 0 Å². The second-order valence-corrected chi connectivity index (χ2v) is 5.78. The summed E-state index contributed by atoms with van der Waals surface area (Å²) in [4.78, 5) is 13.3. The molecule has 0 radical (unpaired) electrons. The van der Waals surface area contributed by atoms with Crippen LogP contribution in [0.4, 0.5) is 0 Å². The number of aryl methyl sites for hydroxylation is 2. The molecule has 5 heteroatoms. The third-order valence-electron chi connectivity index (χ3n) is 4.48. The van der Waals surface area contributed by atoms with Gasteiger partial charge in [0.1, 0.15) is 23.2 Å². The van der Waals surface area contributed by atoms with Crippen molar-refractivity contribution in [1.82, 2.24) is 19.5 Å². The quantitative estimate of drug-likeness (QED) is 0.796. The first-order chi connectivity index (χ1) is 10.0. The number of ether oxygens (including phenoxy) is 1. The zero-order valence-corrected chi connectivity index (χ0v) is 12.9. The molecular formula is C16H20N4O. The molecule has 1 aliphatic heterocycles. The van der Waals surface area contributed by atoms with Gasteiger partial charge in [0.05, 0.1) is 12.0 Å². The molecule has 3 heterocycles. The highest BCUT2D eigenvalue weighted by Gasteiger charge is 2.44. The number of hydrogen-bond donors (Lipinski definition) is 0. The Kier molecular flexibility index (Phi) is 3.22. The molecule has 0 saturated carbocycles. The average Bonchev–Trinajstić information content (AvgIpc) is 3.00. The topological polar surface area (TPSA) is 52.8 Å². The molecule has 21 heavy (non-hydrogen) atoms. The first-order valence-corrected chi connectivity index (χ1v) is 7.34. The summed E-state index contributed by atoms with van der Waals surface area (Å²) in [7, 11) is 0. The Balaban J connectivity index is 2.05. The highest BCUT2D eigenvalue weighted by molar-refractivity contribution is 5.73. The van der Waals surface area contributed by atoms with Crippen LogP contribution in [-0.2, 0) is 4.74 Å². The van der Waals surface area contributed by atoms with Gasteiger partial charge in [0.2, 0.25) is 0 Å². The lowest BCUT2D eigenvalue weighted by Gasteiger charge is -2.25. The molecule has 2 aromatic rings. The predicted molar refractivity (Wildman–Crippen MR) is 80.6 cm³/mol. The van der Waals surface area contributed by atoms with Crippen molar-refractivity contribution in [3.8, 4) is 12.3 Å². The third-order valence-corrected chi connectivity index (χ3v) is 4.48. The average molecular weight is 284 g/mol. The van der Waals surface area contributed by atoms with Crippen LogP contribution >= 0.6 is 0 Å². The maximum absolute atomic E-state index is 6.22. The minimum Gasteiger partial charge on any atom is -0.339 e. The standard InChI is InChI=1S/C16H20N4O/c1-6-16(7-2)10(3)8-13(21-16)20-9-17-14-11(4)18-12(5)19-15(14)20/h1,9-10,13H,7-8H2,2-5H3/t10-,13+,16+/m0/s1. The fraction of sp³-hybridized carbons (Fsp3) is 0.562. The molecule has 0 spiro atoms. The second kappa shape index (κ2) is 4.81. The van der Waals surface area contributed by atoms with E-state index in [1.165, 1.54) is 0 Å². The summed E-state index contributed by atoms with van der Waals surface area (Å²) in [6.07, 6.45) is 9.06. The van der Waals surface area contributed by atoms with Gasteiger partial charge in [0.15, 0.2) is 5.65 Å². The van der Waals surface area contributed by atoms with Crippen molar-refractivity contribution >= 4 is 11.2 Å². The van der Waals surface area contributed by atoms with Crippen LogP contribution in [0.15, 0.2) is 6.33 Å². The van der Waals surface area contributed by atoms with Gasteiger partial charge in [-0.2, -0.15) is 0 Å². The number of nitrogens with zero attached hydrogens (tertiary/aromatic N) is 4.